The SMILES string of the molecule is [2H]c1c([2H])c(-n2c3ccccc3c3ccc(N(c4ccccc4)c4ccccc4)cc32)c([2H])c2c1B1c3c(cc(C(C)(C)C)cc3N(c3c(-c4ccccc4)cc(C(C)(C)C)cc3-c3ccccc3)c3c([2H])c(-n4c5ccccc5c5ccc(N(c6ccccc6)c6ccccc6)cc54)c([2H])c([2H])c31)N2c1c(-c2ccccc2)cc(C(C)(C)C)cc1-c1ccccc1. The molecule has 0 spiro atoms. The Morgan fingerprint density at radius 3 is 0.835 bits per heavy atom. The van der Waals surface area contributed by atoms with E-state index >= 15 is 0 Å². The topological polar surface area (TPSA) is 22.8 Å². The fraction of sp³-hybridized carbons (Fsp3) is 0.105. The van der Waals surface area contributed by atoms with E-state index in [-0.39, 0.29) is 47.6 Å². The van der Waals surface area contributed by atoms with Crippen LogP contribution in [-0.4, -0.2) is 15.8 Å². The summed E-state index contributed by atoms with van der Waals surface area (Å²) in [5.74, 6) is 0. The third kappa shape index (κ3) is 12.8. The Morgan fingerprint density at radius 1 is 0.256 bits per heavy atom. The van der Waals surface area contributed by atoms with Crippen LogP contribution in [0.15, 0.2) is 400 Å². The van der Waals surface area contributed by atoms with E-state index in [2.05, 4.69) is 334 Å². The lowest BCUT2D eigenvalue weighted by atomic mass is 9.33. The molecule has 0 unspecified atom stereocenters. The molecule has 0 aliphatic carbocycles. The molecular weight excluding hydrogens is 1460 g/mol. The largest absolute Gasteiger partial charge is 0.310 e. The number of fused-ring (bicyclic) bond motifs is 10. The highest BCUT2D eigenvalue weighted by Gasteiger charge is 2.47. The van der Waals surface area contributed by atoms with Crippen LogP contribution in [-0.2, 0) is 16.2 Å². The first kappa shape index (κ1) is 67.6. The van der Waals surface area contributed by atoms with E-state index in [1.807, 2.05) is 121 Å². The van der Waals surface area contributed by atoms with Crippen molar-refractivity contribution in [3.05, 3.63) is 417 Å². The minimum atomic E-state index is -1.20. The van der Waals surface area contributed by atoms with Crippen molar-refractivity contribution < 1.29 is 8.22 Å². The van der Waals surface area contributed by atoms with E-state index in [1.54, 1.807) is 0 Å². The summed E-state index contributed by atoms with van der Waals surface area (Å²) in [5, 5.41) is 3.60. The van der Waals surface area contributed by atoms with Crippen molar-refractivity contribution in [2.24, 2.45) is 0 Å². The molecule has 582 valence electrons. The van der Waals surface area contributed by atoms with Gasteiger partial charge in [-0.05, 0) is 217 Å². The fourth-order valence-corrected chi connectivity index (χ4v) is 18.5. The number of nitrogens with zero attached hydrogens (tertiary/aromatic N) is 6. The Hall–Kier alpha value is -14.4. The van der Waals surface area contributed by atoms with Gasteiger partial charge in [0.05, 0.1) is 41.7 Å². The maximum Gasteiger partial charge on any atom is 0.252 e. The van der Waals surface area contributed by atoms with Crippen molar-refractivity contribution in [2.45, 2.75) is 78.6 Å². The number of benzene rings is 17. The summed E-state index contributed by atoms with van der Waals surface area (Å²) in [6.07, 6.45) is 0. The molecule has 0 bridgehead atoms. The van der Waals surface area contributed by atoms with Crippen molar-refractivity contribution in [2.75, 3.05) is 19.6 Å². The summed E-state index contributed by atoms with van der Waals surface area (Å²) in [4.78, 5) is 9.05. The highest BCUT2D eigenvalue weighted by Crippen LogP contribution is 2.57. The van der Waals surface area contributed by atoms with E-state index in [0.29, 0.717) is 39.1 Å². The average molecular weight is 1560 g/mol. The summed E-state index contributed by atoms with van der Waals surface area (Å²) in [6.45, 7) is 19.1. The van der Waals surface area contributed by atoms with Crippen molar-refractivity contribution >= 4 is 135 Å². The number of anilines is 12. The van der Waals surface area contributed by atoms with E-state index in [9.17, 15) is 8.22 Å². The molecule has 121 heavy (non-hydrogen) atoms. The van der Waals surface area contributed by atoms with E-state index < -0.39 is 23.0 Å². The molecular formula is C114H93BN6. The number of rotatable bonds is 14. The van der Waals surface area contributed by atoms with E-state index in [0.717, 1.165) is 150 Å². The number of para-hydroxylation sites is 6. The first-order chi connectivity index (χ1) is 61.5. The zero-order valence-corrected chi connectivity index (χ0v) is 69.4. The van der Waals surface area contributed by atoms with Crippen molar-refractivity contribution in [1.82, 2.24) is 9.13 Å². The molecule has 6 nitrogen and oxygen atoms in total. The van der Waals surface area contributed by atoms with Gasteiger partial charge >= 0.3 is 0 Å². The molecule has 0 N–H and O–H groups in total. The van der Waals surface area contributed by atoms with Crippen LogP contribution < -0.4 is 36.0 Å². The van der Waals surface area contributed by atoms with Gasteiger partial charge in [-0.1, -0.05) is 317 Å². The normalized spacial score (nSPS) is 13.3. The molecule has 19 aromatic rings. The first-order valence-corrected chi connectivity index (χ1v) is 42.0. The third-order valence-corrected chi connectivity index (χ3v) is 24.5. The Bertz CT molecular complexity index is 6940. The lowest BCUT2D eigenvalue weighted by Gasteiger charge is -2.47. The van der Waals surface area contributed by atoms with Crippen LogP contribution in [0.25, 0.3) is 99.5 Å². The van der Waals surface area contributed by atoms with Gasteiger partial charge in [-0.3, -0.25) is 0 Å². The molecule has 4 heterocycles. The van der Waals surface area contributed by atoms with Gasteiger partial charge in [0.2, 0.25) is 0 Å². The molecule has 0 atom stereocenters. The second-order valence-corrected chi connectivity index (χ2v) is 35.2. The maximum atomic E-state index is 12.2. The lowest BCUT2D eigenvalue weighted by molar-refractivity contribution is 0.590. The maximum absolute atomic E-state index is 12.2. The summed E-state index contributed by atoms with van der Waals surface area (Å²) >= 11 is 0. The van der Waals surface area contributed by atoms with Crippen molar-refractivity contribution in [1.29, 1.82) is 0 Å². The minimum absolute atomic E-state index is 0.0285. The highest BCUT2D eigenvalue weighted by atomic mass is 15.2. The van der Waals surface area contributed by atoms with Gasteiger partial charge in [0.1, 0.15) is 0 Å². The molecule has 0 fully saturated rings. The Balaban J connectivity index is 0.965. The molecule has 2 aliphatic rings. The van der Waals surface area contributed by atoms with Crippen molar-refractivity contribution in [3.8, 4) is 55.9 Å². The van der Waals surface area contributed by atoms with Crippen LogP contribution in [0.1, 0.15) is 87.2 Å². The standard InChI is InChI=1S/C114H93BN6/c1-112(2,3)80-66-95(76-38-18-10-19-39-76)110(96(67-80)77-40-20-11-21-41-77)120-105-74-89(118-101-56-36-34-54-91(101)93-62-58-87(72-103(93)118)116(83-46-26-14-27-47-83)84-48-28-15-29-49-84)60-64-99(105)115-100-65-61-90(119-102-57-37-35-55-92(102)94-63-59-88(73-104(94)119)117(85-50-30-16-31-51-85)86-52-32-17-33-53-86)75-106(100)121(108-71-82(114(7,8)9)70-107(120)109(108)115)111-97(78-42-22-12-23-43-78)68-81(113(4,5)6)69-98(111)79-44-24-13-25-45-79/h10-75H,1-9H3/i60D,61D,64D,65D,74D,75D. The number of hydrogen-bond donors (Lipinski definition) is 0. The molecule has 7 heteroatoms. The monoisotopic (exact) mass is 1560 g/mol. The van der Waals surface area contributed by atoms with E-state index in [1.165, 1.54) is 0 Å². The summed E-state index contributed by atoms with van der Waals surface area (Å²) < 4.78 is 74.9. The molecule has 0 amide bonds. The molecule has 2 aromatic heterocycles. The molecule has 2 aliphatic heterocycles. The smallest absolute Gasteiger partial charge is 0.252 e. The zero-order valence-electron chi connectivity index (χ0n) is 75.4. The minimum Gasteiger partial charge on any atom is -0.310 e. The molecule has 0 radical (unpaired) electrons. The molecule has 21 rings (SSSR count). The van der Waals surface area contributed by atoms with Crippen LogP contribution in [0.4, 0.5) is 68.2 Å². The van der Waals surface area contributed by atoms with E-state index in [4.69, 9.17) is 0 Å². The van der Waals surface area contributed by atoms with Crippen molar-refractivity contribution in [3.63, 3.8) is 0 Å². The van der Waals surface area contributed by atoms with Gasteiger partial charge in [0, 0.05) is 112 Å². The molecule has 0 saturated carbocycles. The van der Waals surface area contributed by atoms with Gasteiger partial charge in [-0.15, -0.1) is 0 Å². The Labute approximate surface area is 718 Å². The summed E-state index contributed by atoms with van der Waals surface area (Å²) in [5.41, 5.74) is 22.4. The van der Waals surface area contributed by atoms with Crippen LogP contribution in [0.3, 0.4) is 0 Å². The highest BCUT2D eigenvalue weighted by molar-refractivity contribution is 7.00. The molecule has 0 saturated heterocycles. The van der Waals surface area contributed by atoms with Gasteiger partial charge in [0.15, 0.2) is 0 Å². The summed E-state index contributed by atoms with van der Waals surface area (Å²) in [7, 11) is 0. The van der Waals surface area contributed by atoms with Crippen LogP contribution in [0, 0.1) is 0 Å². The van der Waals surface area contributed by atoms with Gasteiger partial charge in [-0.2, -0.15) is 0 Å². The third-order valence-electron chi connectivity index (χ3n) is 24.5. The Kier molecular flexibility index (Phi) is 16.4. The second-order valence-electron chi connectivity index (χ2n) is 35.2. The van der Waals surface area contributed by atoms with Gasteiger partial charge in [0.25, 0.3) is 6.71 Å². The predicted molar refractivity (Wildman–Crippen MR) is 516 cm³/mol. The second kappa shape index (κ2) is 29.3. The van der Waals surface area contributed by atoms with Crippen LogP contribution in [0.2, 0.25) is 0 Å². The Morgan fingerprint density at radius 2 is 0.529 bits per heavy atom. The van der Waals surface area contributed by atoms with Gasteiger partial charge in [-0.25, -0.2) is 0 Å². The van der Waals surface area contributed by atoms with Crippen LogP contribution >= 0.6 is 0 Å². The van der Waals surface area contributed by atoms with Crippen LogP contribution in [0.5, 0.6) is 0 Å². The summed E-state index contributed by atoms with van der Waals surface area (Å²) in [6, 6.07) is 126. The average Bonchev–Trinajstić information content (AvgIpc) is 0.783. The molecule has 17 aromatic carbocycles. The first-order valence-electron chi connectivity index (χ1n) is 45.0. The lowest BCUT2D eigenvalue weighted by Crippen LogP contribution is -2.61. The zero-order chi connectivity index (χ0) is 87.2. The fourth-order valence-electron chi connectivity index (χ4n) is 18.5. The number of aromatic nitrogens is 2. The van der Waals surface area contributed by atoms with Gasteiger partial charge < -0.3 is 28.7 Å². The predicted octanol–water partition coefficient (Wildman–Crippen LogP) is 29.5. The quantitative estimate of drug-likeness (QED) is 0.101. The number of hydrogen-bond acceptors (Lipinski definition) is 4.